The lowest BCUT2D eigenvalue weighted by atomic mass is 9.84. The Bertz CT molecular complexity index is 2490. The van der Waals surface area contributed by atoms with Crippen molar-refractivity contribution in [3.63, 3.8) is 0 Å². The van der Waals surface area contributed by atoms with Crippen LogP contribution in [0, 0.1) is 5.92 Å². The first-order chi connectivity index (χ1) is 57.6. The molecule has 2 heterocycles. The van der Waals surface area contributed by atoms with Gasteiger partial charge in [0.05, 0.1) is 13.2 Å². The summed E-state index contributed by atoms with van der Waals surface area (Å²) < 4.78 is 73.6. The van der Waals surface area contributed by atoms with Crippen molar-refractivity contribution < 1.29 is 122 Å². The summed E-state index contributed by atoms with van der Waals surface area (Å²) in [7, 11) is -5.80. The normalized spacial score (nSPS) is 25.0. The summed E-state index contributed by atoms with van der Waals surface area (Å²) in [5.74, 6) is -2.31. The fourth-order valence-electron chi connectivity index (χ4n) is 16.4. The molecule has 1 aliphatic carbocycles. The number of carbonyl (C=O) groups excluding carboxylic acids is 4. The lowest BCUT2D eigenvalue weighted by molar-refractivity contribution is -0.360. The molecule has 702 valence electrons. The van der Waals surface area contributed by atoms with Gasteiger partial charge in [0.1, 0.15) is 92.6 Å². The molecule has 3 aliphatic rings. The van der Waals surface area contributed by atoms with Gasteiger partial charge < -0.3 is 88.7 Å². The monoisotopic (exact) mass is 1720 g/mol. The van der Waals surface area contributed by atoms with Crippen molar-refractivity contribution in [2.24, 2.45) is 5.92 Å². The first-order valence-corrected chi connectivity index (χ1v) is 50.2. The molecule has 0 spiro atoms. The average molecular weight is 1720 g/mol. The molecule has 0 aromatic heterocycles. The summed E-state index contributed by atoms with van der Waals surface area (Å²) >= 11 is 0. The largest absolute Gasteiger partial charge is 0.472 e. The van der Waals surface area contributed by atoms with E-state index in [0.29, 0.717) is 38.0 Å². The highest BCUT2D eigenvalue weighted by molar-refractivity contribution is 7.47. The Hall–Kier alpha value is -2.53. The Morgan fingerprint density at radius 2 is 0.630 bits per heavy atom. The summed E-state index contributed by atoms with van der Waals surface area (Å²) in [5.41, 5.74) is 0. The van der Waals surface area contributed by atoms with E-state index in [-0.39, 0.29) is 25.7 Å². The Kier molecular flexibility index (Phi) is 66.5. The first-order valence-electron chi connectivity index (χ1n) is 48.7. The van der Waals surface area contributed by atoms with E-state index in [1.807, 2.05) is 0 Å². The number of carbonyl (C=O) groups is 4. The van der Waals surface area contributed by atoms with Crippen molar-refractivity contribution in [2.45, 2.75) is 537 Å². The van der Waals surface area contributed by atoms with Gasteiger partial charge in [-0.25, -0.2) is 4.57 Å². The molecule has 119 heavy (non-hydrogen) atoms. The summed E-state index contributed by atoms with van der Waals surface area (Å²) in [4.78, 5) is 66.6. The second kappa shape index (κ2) is 71.5. The van der Waals surface area contributed by atoms with Gasteiger partial charge in [-0.05, 0) is 31.6 Å². The van der Waals surface area contributed by atoms with Crippen LogP contribution in [0.2, 0.25) is 0 Å². The Morgan fingerprint density at radius 1 is 0.328 bits per heavy atom. The number of hydrogen-bond donors (Lipinski definition) is 10. The van der Waals surface area contributed by atoms with Crippen molar-refractivity contribution >= 4 is 31.7 Å². The summed E-state index contributed by atoms with van der Waals surface area (Å²) in [6, 6.07) is 0. The number of aliphatic hydroxyl groups excluding tert-OH is 9. The van der Waals surface area contributed by atoms with Crippen molar-refractivity contribution in [3.8, 4) is 0 Å². The lowest BCUT2D eigenvalue weighted by Gasteiger charge is -2.50. The Labute approximate surface area is 719 Å². The zero-order valence-electron chi connectivity index (χ0n) is 75.1. The molecule has 0 bridgehead atoms. The van der Waals surface area contributed by atoms with Crippen LogP contribution in [0.4, 0.5) is 0 Å². The van der Waals surface area contributed by atoms with E-state index in [0.717, 1.165) is 128 Å². The van der Waals surface area contributed by atoms with E-state index in [1.165, 1.54) is 212 Å². The summed E-state index contributed by atoms with van der Waals surface area (Å²) in [6.45, 7) is 7.94. The maximum absolute atomic E-state index is 14.9. The molecule has 0 amide bonds. The average Bonchev–Trinajstić information content (AvgIpc) is 0.753. The number of phosphoric ester groups is 1. The van der Waals surface area contributed by atoms with Gasteiger partial charge in [-0.1, -0.05) is 381 Å². The number of unbranched alkanes of at least 4 members (excludes halogenated alkanes) is 51. The van der Waals surface area contributed by atoms with Crippen molar-refractivity contribution in [1.29, 1.82) is 0 Å². The molecular formula is C93H175O25P. The molecule has 10 N–H and O–H groups in total. The number of hydrogen-bond acceptors (Lipinski definition) is 24. The van der Waals surface area contributed by atoms with E-state index in [2.05, 4.69) is 34.6 Å². The molecule has 2 aliphatic heterocycles. The van der Waals surface area contributed by atoms with Gasteiger partial charge >= 0.3 is 31.7 Å². The molecule has 19 unspecified atom stereocenters. The smallest absolute Gasteiger partial charge is 0.463 e. The quantitative estimate of drug-likeness (QED) is 0.0117. The van der Waals surface area contributed by atoms with Crippen LogP contribution in [0.15, 0.2) is 0 Å². The minimum absolute atomic E-state index is 0.0197. The molecule has 3 rings (SSSR count). The Morgan fingerprint density at radius 3 is 1.00 bits per heavy atom. The molecule has 1 saturated carbocycles. The molecule has 25 nitrogen and oxygen atoms in total. The molecule has 0 aromatic carbocycles. The third-order valence-electron chi connectivity index (χ3n) is 24.3. The van der Waals surface area contributed by atoms with Gasteiger partial charge in [-0.2, -0.15) is 0 Å². The molecule has 3 fully saturated rings. The maximum atomic E-state index is 14.9. The highest BCUT2D eigenvalue weighted by atomic mass is 31.2. The Balaban J connectivity index is 1.91. The van der Waals surface area contributed by atoms with Crippen molar-refractivity contribution in [1.82, 2.24) is 0 Å². The number of aliphatic hydroxyl groups is 9. The fraction of sp³-hybridized carbons (Fsp3) is 0.957. The second-order valence-electron chi connectivity index (χ2n) is 35.2. The van der Waals surface area contributed by atoms with Crippen LogP contribution in [0.5, 0.6) is 0 Å². The van der Waals surface area contributed by atoms with Crippen LogP contribution in [0.3, 0.4) is 0 Å². The summed E-state index contributed by atoms with van der Waals surface area (Å²) in [5, 5.41) is 102. The van der Waals surface area contributed by atoms with Gasteiger partial charge in [0.25, 0.3) is 0 Å². The molecule has 19 atom stereocenters. The molecular weight excluding hydrogens is 1550 g/mol. The van der Waals surface area contributed by atoms with Gasteiger partial charge in [-0.3, -0.25) is 28.2 Å². The van der Waals surface area contributed by atoms with Crippen molar-refractivity contribution in [3.05, 3.63) is 0 Å². The zero-order valence-corrected chi connectivity index (χ0v) is 76.0. The minimum Gasteiger partial charge on any atom is -0.463 e. The van der Waals surface area contributed by atoms with Crippen LogP contribution in [0.1, 0.15) is 433 Å². The third-order valence-corrected chi connectivity index (χ3v) is 25.2. The highest BCUT2D eigenvalue weighted by Crippen LogP contribution is 2.49. The van der Waals surface area contributed by atoms with Crippen molar-refractivity contribution in [2.75, 3.05) is 26.4 Å². The predicted molar refractivity (Wildman–Crippen MR) is 463 cm³/mol. The number of ether oxygens (including phenoxy) is 8. The highest BCUT2D eigenvalue weighted by Gasteiger charge is 2.60. The maximum Gasteiger partial charge on any atom is 0.472 e. The molecule has 2 saturated heterocycles. The topological polar surface area (TPSA) is 380 Å². The van der Waals surface area contributed by atoms with Crippen LogP contribution in [-0.4, -0.2) is 205 Å². The fourth-order valence-corrected chi connectivity index (χ4v) is 17.4. The van der Waals surface area contributed by atoms with Gasteiger partial charge in [-0.15, -0.1) is 0 Å². The molecule has 0 radical (unpaired) electrons. The van der Waals surface area contributed by atoms with Gasteiger partial charge in [0.15, 0.2) is 24.8 Å². The van der Waals surface area contributed by atoms with E-state index in [4.69, 9.17) is 46.9 Å². The molecule has 26 heteroatoms. The summed E-state index contributed by atoms with van der Waals surface area (Å²) in [6.07, 6.45) is 28.0. The SMILES string of the molecule is CCCCCCCCCCCCCCCCCCC(=O)OCC(COP(=O)(O)OC1C(OC2OC(CO)C(O)C(O)C2O)C(O)C(O)C(OC(=O)CCCCCCCCC(C)CCCCCCCC)C1OC1OC(COC(=O)CCCCCCCCCCCCCCCCC)C(O)C(O)C1O)OC(=O)CCCCCCCCCCCCCCC. The van der Waals surface area contributed by atoms with E-state index >= 15 is 0 Å². The number of esters is 4. The van der Waals surface area contributed by atoms with Crippen LogP contribution >= 0.6 is 7.82 Å². The van der Waals surface area contributed by atoms with Gasteiger partial charge in [0, 0.05) is 25.7 Å². The van der Waals surface area contributed by atoms with Gasteiger partial charge in [0.2, 0.25) is 0 Å². The van der Waals surface area contributed by atoms with E-state index < -0.39 is 162 Å². The first kappa shape index (κ1) is 111. The predicted octanol–water partition coefficient (Wildman–Crippen LogP) is 18.4. The number of rotatable bonds is 79. The minimum atomic E-state index is -5.80. The standard InChI is InChI=1S/C93H175O25P/c1-6-10-14-18-22-25-28-31-33-35-38-39-42-45-52-58-64-76(95)109-69-73(112-78(97)66-60-54-47-44-41-36-30-27-24-20-16-12-8-3)70-111-119(107,108)118-91-89(116-92-86(105)82(101)80(99)74(68-94)113-92)85(104)84(103)88(115-79(98)67-61-55-49-48-51-57-63-72(5)62-56-50-21-17-13-9-4)90(91)117-93-87(106)83(102)81(100)75(114-93)71-110-77(96)65-59-53-46-43-40-37-34-32-29-26-23-19-15-11-7-2/h72-75,80-94,99-106H,6-71H2,1-5H3,(H,107,108). The van der Waals surface area contributed by atoms with E-state index in [9.17, 15) is 74.6 Å². The van der Waals surface area contributed by atoms with Crippen LogP contribution < -0.4 is 0 Å². The zero-order chi connectivity index (χ0) is 86.9. The second-order valence-corrected chi connectivity index (χ2v) is 36.6. The lowest BCUT2D eigenvalue weighted by Crippen LogP contribution is -2.70. The number of phosphoric acid groups is 1. The van der Waals surface area contributed by atoms with Crippen LogP contribution in [-0.2, 0) is 70.7 Å². The molecule has 0 aromatic rings. The van der Waals surface area contributed by atoms with Crippen LogP contribution in [0.25, 0.3) is 0 Å². The van der Waals surface area contributed by atoms with E-state index in [1.54, 1.807) is 0 Å². The third kappa shape index (κ3) is 51.8.